The number of fused-ring (bicyclic) bond motifs is 1. The lowest BCUT2D eigenvalue weighted by Crippen LogP contribution is -2.50. The van der Waals surface area contributed by atoms with Crippen molar-refractivity contribution in [3.8, 4) is 11.5 Å². The van der Waals surface area contributed by atoms with Gasteiger partial charge in [-0.3, -0.25) is 9.52 Å². The van der Waals surface area contributed by atoms with E-state index < -0.39 is 39.9 Å². The van der Waals surface area contributed by atoms with E-state index in [0.717, 1.165) is 0 Å². The summed E-state index contributed by atoms with van der Waals surface area (Å²) in [4.78, 5) is 29.5. The van der Waals surface area contributed by atoms with Gasteiger partial charge in [-0.05, 0) is 73.7 Å². The molecule has 43 heavy (non-hydrogen) atoms. The summed E-state index contributed by atoms with van der Waals surface area (Å²) >= 11 is 0. The molecular formula is C30H35FN4O7S. The Morgan fingerprint density at radius 1 is 1.14 bits per heavy atom. The predicted octanol–water partition coefficient (Wildman–Crippen LogP) is 4.02. The Morgan fingerprint density at radius 2 is 1.79 bits per heavy atom. The third-order valence-electron chi connectivity index (χ3n) is 7.18. The minimum atomic E-state index is -3.99. The highest BCUT2D eigenvalue weighted by Crippen LogP contribution is 2.31. The molecule has 3 aromatic carbocycles. The Bertz CT molecular complexity index is 1550. The van der Waals surface area contributed by atoms with E-state index >= 15 is 0 Å². The fourth-order valence-corrected chi connectivity index (χ4v) is 5.63. The van der Waals surface area contributed by atoms with Crippen molar-refractivity contribution in [2.75, 3.05) is 43.9 Å². The monoisotopic (exact) mass is 614 g/mol. The number of hydrogen-bond donors (Lipinski definition) is 3. The highest BCUT2D eigenvalue weighted by atomic mass is 32.2. The van der Waals surface area contributed by atoms with Crippen molar-refractivity contribution in [2.24, 2.45) is 5.92 Å². The van der Waals surface area contributed by atoms with Crippen LogP contribution in [0.2, 0.25) is 0 Å². The van der Waals surface area contributed by atoms with Crippen molar-refractivity contribution < 1.29 is 37.0 Å². The highest BCUT2D eigenvalue weighted by molar-refractivity contribution is 7.92. The number of nitrogens with zero attached hydrogens (tertiary/aromatic N) is 2. The SMILES string of the molecule is COc1ccc(S(=O)(=O)Nc2ccc3c(c2)C(=O)N([C@H](C)CO)C[C@H](C)[C@H](CN(C)C(=O)Nc2ccc(F)cc2)O3)cc1. The van der Waals surface area contributed by atoms with Crippen molar-refractivity contribution in [3.63, 3.8) is 0 Å². The maximum atomic E-state index is 13.7. The standard InChI is InChI=1S/C30H35FN4O7S/c1-19-16-35(20(2)18-36)29(37)26-15-23(33-43(39,40)25-12-10-24(41-4)11-13-25)9-14-27(26)42-28(19)17-34(3)30(38)32-22-7-5-21(31)6-8-22/h5-15,19-20,28,33,36H,16-18H2,1-4H3,(H,32,38)/t19-,20+,28-/m0/s1. The molecule has 3 atom stereocenters. The highest BCUT2D eigenvalue weighted by Gasteiger charge is 2.34. The number of ether oxygens (including phenoxy) is 2. The molecule has 0 unspecified atom stereocenters. The van der Waals surface area contributed by atoms with Gasteiger partial charge in [-0.15, -0.1) is 0 Å². The van der Waals surface area contributed by atoms with Crippen molar-refractivity contribution in [3.05, 3.63) is 78.1 Å². The molecule has 4 rings (SSSR count). The lowest BCUT2D eigenvalue weighted by atomic mass is 9.99. The molecule has 3 amide bonds. The van der Waals surface area contributed by atoms with E-state index in [0.29, 0.717) is 11.4 Å². The Kier molecular flexibility index (Phi) is 9.77. The number of methoxy groups -OCH3 is 1. The van der Waals surface area contributed by atoms with Gasteiger partial charge in [-0.25, -0.2) is 17.6 Å². The molecular weight excluding hydrogens is 579 g/mol. The van der Waals surface area contributed by atoms with Crippen LogP contribution in [0.25, 0.3) is 0 Å². The number of carbonyl (C=O) groups is 2. The zero-order chi connectivity index (χ0) is 31.3. The first-order valence-corrected chi connectivity index (χ1v) is 15.1. The lowest BCUT2D eigenvalue weighted by molar-refractivity contribution is 0.0371. The number of hydrogen-bond acceptors (Lipinski definition) is 7. The number of anilines is 2. The normalized spacial score (nSPS) is 17.5. The molecule has 1 aliphatic heterocycles. The van der Waals surface area contributed by atoms with E-state index in [-0.39, 0.29) is 47.5 Å². The fraction of sp³-hybridized carbons (Fsp3) is 0.333. The number of sulfonamides is 1. The number of benzene rings is 3. The van der Waals surface area contributed by atoms with Gasteiger partial charge in [-0.1, -0.05) is 6.92 Å². The third-order valence-corrected chi connectivity index (χ3v) is 8.58. The van der Waals surface area contributed by atoms with Crippen LogP contribution in [0, 0.1) is 11.7 Å². The summed E-state index contributed by atoms with van der Waals surface area (Å²) in [6.45, 7) is 3.64. The topological polar surface area (TPSA) is 138 Å². The molecule has 0 saturated heterocycles. The van der Waals surface area contributed by atoms with Gasteiger partial charge in [0.05, 0.1) is 36.8 Å². The number of carbonyl (C=O) groups excluding carboxylic acids is 2. The zero-order valence-corrected chi connectivity index (χ0v) is 25.1. The predicted molar refractivity (Wildman–Crippen MR) is 159 cm³/mol. The van der Waals surface area contributed by atoms with Gasteiger partial charge in [0.15, 0.2) is 0 Å². The number of rotatable bonds is 9. The van der Waals surface area contributed by atoms with Gasteiger partial charge in [0.25, 0.3) is 15.9 Å². The summed E-state index contributed by atoms with van der Waals surface area (Å²) in [6, 6.07) is 14.7. The van der Waals surface area contributed by atoms with E-state index in [4.69, 9.17) is 9.47 Å². The van der Waals surface area contributed by atoms with E-state index in [1.54, 1.807) is 14.0 Å². The molecule has 3 N–H and O–H groups in total. The van der Waals surface area contributed by atoms with Gasteiger partial charge < -0.3 is 29.7 Å². The Morgan fingerprint density at radius 3 is 2.42 bits per heavy atom. The van der Waals surface area contributed by atoms with Crippen molar-refractivity contribution >= 4 is 33.3 Å². The lowest BCUT2D eigenvalue weighted by Gasteiger charge is -2.38. The number of likely N-dealkylation sites (N-methyl/N-ethyl adjacent to an activating group) is 1. The summed E-state index contributed by atoms with van der Waals surface area (Å²) in [5.74, 6) is -0.412. The molecule has 3 aromatic rings. The van der Waals surface area contributed by atoms with E-state index in [2.05, 4.69) is 10.0 Å². The number of halogens is 1. The van der Waals surface area contributed by atoms with Gasteiger partial charge in [0.1, 0.15) is 23.4 Å². The molecule has 0 bridgehead atoms. The van der Waals surface area contributed by atoms with Gasteiger partial charge in [-0.2, -0.15) is 0 Å². The van der Waals surface area contributed by atoms with Crippen LogP contribution >= 0.6 is 0 Å². The van der Waals surface area contributed by atoms with Gasteiger partial charge in [0.2, 0.25) is 0 Å². The summed E-state index contributed by atoms with van der Waals surface area (Å²) in [5.41, 5.74) is 0.669. The Labute approximate surface area is 250 Å². The average molecular weight is 615 g/mol. The van der Waals surface area contributed by atoms with Crippen LogP contribution < -0.4 is 19.5 Å². The molecule has 11 nitrogen and oxygen atoms in total. The van der Waals surface area contributed by atoms with Gasteiger partial charge >= 0.3 is 6.03 Å². The first-order chi connectivity index (χ1) is 20.4. The van der Waals surface area contributed by atoms with Gasteiger partial charge in [0, 0.05) is 30.9 Å². The first kappa shape index (κ1) is 31.6. The van der Waals surface area contributed by atoms with Crippen LogP contribution in [-0.2, 0) is 10.0 Å². The molecule has 230 valence electrons. The number of amides is 3. The molecule has 1 aliphatic rings. The van der Waals surface area contributed by atoms with Crippen LogP contribution in [0.4, 0.5) is 20.6 Å². The molecule has 0 saturated carbocycles. The molecule has 1 heterocycles. The summed E-state index contributed by atoms with van der Waals surface area (Å²) in [5, 5.41) is 12.6. The summed E-state index contributed by atoms with van der Waals surface area (Å²) < 4.78 is 53.2. The molecule has 0 spiro atoms. The number of aliphatic hydroxyl groups excluding tert-OH is 1. The van der Waals surface area contributed by atoms with Crippen LogP contribution in [0.1, 0.15) is 24.2 Å². The number of urea groups is 1. The van der Waals surface area contributed by atoms with Crippen molar-refractivity contribution in [1.82, 2.24) is 9.80 Å². The van der Waals surface area contributed by atoms with Crippen molar-refractivity contribution in [2.45, 2.75) is 30.9 Å². The minimum Gasteiger partial charge on any atom is -0.497 e. The Hall–Kier alpha value is -4.36. The van der Waals surface area contributed by atoms with Crippen molar-refractivity contribution in [1.29, 1.82) is 0 Å². The maximum absolute atomic E-state index is 13.7. The number of aliphatic hydroxyl groups is 1. The fourth-order valence-electron chi connectivity index (χ4n) is 4.58. The molecule has 0 aromatic heterocycles. The molecule has 0 aliphatic carbocycles. The smallest absolute Gasteiger partial charge is 0.321 e. The molecule has 0 radical (unpaired) electrons. The van der Waals surface area contributed by atoms with Crippen LogP contribution in [0.3, 0.4) is 0 Å². The summed E-state index contributed by atoms with van der Waals surface area (Å²) in [6.07, 6.45) is -0.578. The van der Waals surface area contributed by atoms with E-state index in [1.165, 1.54) is 83.6 Å². The van der Waals surface area contributed by atoms with E-state index in [9.17, 15) is 27.5 Å². The quantitative estimate of drug-likeness (QED) is 0.331. The summed E-state index contributed by atoms with van der Waals surface area (Å²) in [7, 11) is -0.923. The van der Waals surface area contributed by atoms with Crippen LogP contribution in [0.15, 0.2) is 71.6 Å². The van der Waals surface area contributed by atoms with Crippen LogP contribution in [0.5, 0.6) is 11.5 Å². The zero-order valence-electron chi connectivity index (χ0n) is 24.3. The number of nitrogens with one attached hydrogen (secondary N) is 2. The minimum absolute atomic E-state index is 0.00832. The average Bonchev–Trinajstić information content (AvgIpc) is 2.99. The largest absolute Gasteiger partial charge is 0.497 e. The second-order valence-corrected chi connectivity index (χ2v) is 12.1. The second kappa shape index (κ2) is 13.3. The van der Waals surface area contributed by atoms with Crippen LogP contribution in [-0.4, -0.2) is 81.3 Å². The Balaban J connectivity index is 1.60. The first-order valence-electron chi connectivity index (χ1n) is 13.6. The van der Waals surface area contributed by atoms with E-state index in [1.807, 2.05) is 6.92 Å². The molecule has 13 heteroatoms. The molecule has 0 fully saturated rings. The maximum Gasteiger partial charge on any atom is 0.321 e. The second-order valence-electron chi connectivity index (χ2n) is 10.4. The third kappa shape index (κ3) is 7.54.